The second-order valence-corrected chi connectivity index (χ2v) is 7.63. The molecule has 1 aromatic carbocycles. The van der Waals surface area contributed by atoms with Gasteiger partial charge in [-0.3, -0.25) is 4.79 Å². The van der Waals surface area contributed by atoms with Crippen LogP contribution in [0.2, 0.25) is 0 Å². The summed E-state index contributed by atoms with van der Waals surface area (Å²) < 4.78 is 33.5. The highest BCUT2D eigenvalue weighted by Crippen LogP contribution is 2.26. The van der Waals surface area contributed by atoms with Gasteiger partial charge in [-0.2, -0.15) is 0 Å². The van der Waals surface area contributed by atoms with Gasteiger partial charge in [-0.25, -0.2) is 18.7 Å². The SMILES string of the molecule is Nc1ccc(F)c(C(=O)Nc2cnc3[nH]c(-c4ccc(N5CCOCC5)nc4)cc3c2)c1F. The number of fused-ring (bicyclic) bond motifs is 1. The van der Waals surface area contributed by atoms with E-state index in [1.807, 2.05) is 18.2 Å². The molecule has 1 amide bonds. The van der Waals surface area contributed by atoms with Gasteiger partial charge >= 0.3 is 0 Å². The van der Waals surface area contributed by atoms with Gasteiger partial charge in [-0.1, -0.05) is 0 Å². The summed E-state index contributed by atoms with van der Waals surface area (Å²) in [6.07, 6.45) is 3.19. The largest absolute Gasteiger partial charge is 0.396 e. The Morgan fingerprint density at radius 1 is 1.09 bits per heavy atom. The average molecular weight is 450 g/mol. The molecule has 4 heterocycles. The standard InChI is InChI=1S/C23H20F2N6O2/c24-16-2-3-17(26)21(25)20(16)23(32)29-15-9-14-10-18(30-22(14)28-12-15)13-1-4-19(27-11-13)31-5-7-33-8-6-31/h1-4,9-12H,5-8,26H2,(H,28,30)(H,29,32). The number of nitrogens with two attached hydrogens (primary N) is 1. The highest BCUT2D eigenvalue weighted by Gasteiger charge is 2.20. The van der Waals surface area contributed by atoms with Gasteiger partial charge in [-0.05, 0) is 36.4 Å². The fourth-order valence-corrected chi connectivity index (χ4v) is 3.73. The van der Waals surface area contributed by atoms with E-state index in [1.54, 1.807) is 12.3 Å². The Kier molecular flexibility index (Phi) is 5.35. The first-order chi connectivity index (χ1) is 16.0. The third-order valence-electron chi connectivity index (χ3n) is 5.47. The van der Waals surface area contributed by atoms with Crippen molar-refractivity contribution < 1.29 is 18.3 Å². The number of aromatic nitrogens is 3. The zero-order chi connectivity index (χ0) is 22.9. The van der Waals surface area contributed by atoms with E-state index >= 15 is 0 Å². The highest BCUT2D eigenvalue weighted by molar-refractivity contribution is 6.05. The number of carbonyl (C=O) groups excluding carboxylic acids is 1. The van der Waals surface area contributed by atoms with Crippen molar-refractivity contribution in [3.05, 3.63) is 66.0 Å². The van der Waals surface area contributed by atoms with Crippen LogP contribution in [0.5, 0.6) is 0 Å². The molecule has 1 saturated heterocycles. The number of aromatic amines is 1. The van der Waals surface area contributed by atoms with E-state index in [0.29, 0.717) is 29.9 Å². The molecule has 4 N–H and O–H groups in total. The second-order valence-electron chi connectivity index (χ2n) is 7.63. The number of rotatable bonds is 4. The second kappa shape index (κ2) is 8.47. The van der Waals surface area contributed by atoms with Crippen LogP contribution < -0.4 is 16.0 Å². The average Bonchev–Trinajstić information content (AvgIpc) is 3.26. The monoisotopic (exact) mass is 450 g/mol. The molecule has 33 heavy (non-hydrogen) atoms. The number of carbonyl (C=O) groups is 1. The lowest BCUT2D eigenvalue weighted by Crippen LogP contribution is -2.36. The summed E-state index contributed by atoms with van der Waals surface area (Å²) in [5.74, 6) is -2.15. The van der Waals surface area contributed by atoms with E-state index in [4.69, 9.17) is 10.5 Å². The van der Waals surface area contributed by atoms with Crippen LogP contribution in [0.3, 0.4) is 0 Å². The third kappa shape index (κ3) is 4.08. The summed E-state index contributed by atoms with van der Waals surface area (Å²) in [5, 5.41) is 3.19. The summed E-state index contributed by atoms with van der Waals surface area (Å²) in [6, 6.07) is 9.48. The van der Waals surface area contributed by atoms with Gasteiger partial charge in [0.25, 0.3) is 5.91 Å². The van der Waals surface area contributed by atoms with E-state index in [1.165, 1.54) is 6.20 Å². The van der Waals surface area contributed by atoms with Crippen molar-refractivity contribution in [1.82, 2.24) is 15.0 Å². The number of nitrogens with one attached hydrogen (secondary N) is 2. The van der Waals surface area contributed by atoms with E-state index in [-0.39, 0.29) is 5.69 Å². The zero-order valence-corrected chi connectivity index (χ0v) is 17.4. The number of amides is 1. The summed E-state index contributed by atoms with van der Waals surface area (Å²) in [4.78, 5) is 26.7. The van der Waals surface area contributed by atoms with Crippen molar-refractivity contribution in [2.75, 3.05) is 42.3 Å². The number of anilines is 3. The van der Waals surface area contributed by atoms with Crippen molar-refractivity contribution in [2.45, 2.75) is 0 Å². The number of halogens is 2. The smallest absolute Gasteiger partial charge is 0.261 e. The minimum absolute atomic E-state index is 0.292. The number of nitrogens with zero attached hydrogens (tertiary/aromatic N) is 3. The summed E-state index contributed by atoms with van der Waals surface area (Å²) in [7, 11) is 0. The molecule has 1 fully saturated rings. The Morgan fingerprint density at radius 3 is 2.67 bits per heavy atom. The normalized spacial score (nSPS) is 13.9. The van der Waals surface area contributed by atoms with Crippen molar-refractivity contribution in [1.29, 1.82) is 0 Å². The predicted molar refractivity (Wildman–Crippen MR) is 121 cm³/mol. The molecule has 5 rings (SSSR count). The first kappa shape index (κ1) is 20.8. The zero-order valence-electron chi connectivity index (χ0n) is 17.4. The lowest BCUT2D eigenvalue weighted by Gasteiger charge is -2.27. The molecule has 0 unspecified atom stereocenters. The van der Waals surface area contributed by atoms with Gasteiger partial charge in [0.2, 0.25) is 0 Å². The molecule has 3 aromatic heterocycles. The van der Waals surface area contributed by atoms with Crippen LogP contribution in [-0.2, 0) is 4.74 Å². The number of ether oxygens (including phenoxy) is 1. The van der Waals surface area contributed by atoms with Crippen LogP contribution >= 0.6 is 0 Å². The Hall–Kier alpha value is -4.05. The lowest BCUT2D eigenvalue weighted by atomic mass is 10.1. The number of benzene rings is 1. The van der Waals surface area contributed by atoms with Crippen LogP contribution in [0.4, 0.5) is 26.0 Å². The van der Waals surface area contributed by atoms with Gasteiger partial charge < -0.3 is 25.7 Å². The molecule has 0 spiro atoms. The summed E-state index contributed by atoms with van der Waals surface area (Å²) in [6.45, 7) is 2.99. The Labute approximate surface area is 187 Å². The maximum Gasteiger partial charge on any atom is 0.261 e. The highest BCUT2D eigenvalue weighted by atomic mass is 19.1. The van der Waals surface area contributed by atoms with Gasteiger partial charge in [0.15, 0.2) is 5.82 Å². The number of pyridine rings is 2. The van der Waals surface area contributed by atoms with Crippen molar-refractivity contribution in [3.8, 4) is 11.3 Å². The maximum atomic E-state index is 14.1. The van der Waals surface area contributed by atoms with E-state index < -0.39 is 23.1 Å². The van der Waals surface area contributed by atoms with Gasteiger partial charge in [0.05, 0.1) is 30.8 Å². The van der Waals surface area contributed by atoms with E-state index in [0.717, 1.165) is 42.3 Å². The molecule has 0 aliphatic carbocycles. The molecule has 4 aromatic rings. The molecule has 0 bridgehead atoms. The molecular weight excluding hydrogens is 430 g/mol. The Balaban J connectivity index is 1.37. The van der Waals surface area contributed by atoms with Crippen molar-refractivity contribution in [2.24, 2.45) is 0 Å². The quantitative estimate of drug-likeness (QED) is 0.410. The molecule has 0 radical (unpaired) electrons. The number of hydrogen-bond donors (Lipinski definition) is 3. The lowest BCUT2D eigenvalue weighted by molar-refractivity contribution is 0.101. The number of H-pyrrole nitrogens is 1. The molecule has 168 valence electrons. The van der Waals surface area contributed by atoms with E-state index in [9.17, 15) is 13.6 Å². The molecule has 10 heteroatoms. The van der Waals surface area contributed by atoms with Crippen LogP contribution in [0.15, 0.2) is 48.8 Å². The molecule has 0 atom stereocenters. The fourth-order valence-electron chi connectivity index (χ4n) is 3.73. The van der Waals surface area contributed by atoms with Crippen LogP contribution in [0.25, 0.3) is 22.3 Å². The molecule has 0 saturated carbocycles. The maximum absolute atomic E-state index is 14.1. The number of hydrogen-bond acceptors (Lipinski definition) is 6. The minimum atomic E-state index is -1.10. The van der Waals surface area contributed by atoms with E-state index in [2.05, 4.69) is 25.2 Å². The molecule has 1 aliphatic rings. The minimum Gasteiger partial charge on any atom is -0.396 e. The molecule has 1 aliphatic heterocycles. The number of morpholine rings is 1. The van der Waals surface area contributed by atoms with Gasteiger partial charge in [0, 0.05) is 35.9 Å². The van der Waals surface area contributed by atoms with Crippen molar-refractivity contribution in [3.63, 3.8) is 0 Å². The molecular formula is C23H20F2N6O2. The first-order valence-corrected chi connectivity index (χ1v) is 10.3. The van der Waals surface area contributed by atoms with Crippen molar-refractivity contribution >= 4 is 34.1 Å². The fraction of sp³-hybridized carbons (Fsp3) is 0.174. The molecule has 8 nitrogen and oxygen atoms in total. The third-order valence-corrected chi connectivity index (χ3v) is 5.47. The first-order valence-electron chi connectivity index (χ1n) is 10.3. The summed E-state index contributed by atoms with van der Waals surface area (Å²) >= 11 is 0. The predicted octanol–water partition coefficient (Wildman–Crippen LogP) is 3.57. The Morgan fingerprint density at radius 2 is 1.91 bits per heavy atom. The van der Waals surface area contributed by atoms with Crippen LogP contribution in [0, 0.1) is 11.6 Å². The Bertz CT molecular complexity index is 1330. The van der Waals surface area contributed by atoms with Gasteiger partial charge in [-0.15, -0.1) is 0 Å². The van der Waals surface area contributed by atoms with Crippen LogP contribution in [0.1, 0.15) is 10.4 Å². The van der Waals surface area contributed by atoms with Crippen LogP contribution in [-0.4, -0.2) is 47.2 Å². The van der Waals surface area contributed by atoms with Gasteiger partial charge in [0.1, 0.15) is 22.8 Å². The number of nitrogen functional groups attached to an aromatic ring is 1. The topological polar surface area (TPSA) is 109 Å². The summed E-state index contributed by atoms with van der Waals surface area (Å²) in [5.41, 5.74) is 6.97.